The summed E-state index contributed by atoms with van der Waals surface area (Å²) in [5.74, 6) is 1.79. The van der Waals surface area contributed by atoms with Crippen molar-refractivity contribution in [2.45, 2.75) is 37.6 Å². The van der Waals surface area contributed by atoms with Crippen molar-refractivity contribution in [1.29, 1.82) is 0 Å². The Morgan fingerprint density at radius 3 is 2.80 bits per heavy atom. The van der Waals surface area contributed by atoms with Gasteiger partial charge in [-0.3, -0.25) is 14.8 Å². The van der Waals surface area contributed by atoms with Crippen LogP contribution in [0.25, 0.3) is 0 Å². The van der Waals surface area contributed by atoms with E-state index in [0.717, 1.165) is 50.5 Å². The molecule has 1 N–H and O–H groups in total. The largest absolute Gasteiger partial charge is 0.489 e. The molecule has 0 unspecified atom stereocenters. The first-order valence-electron chi connectivity index (χ1n) is 9.01. The van der Waals surface area contributed by atoms with Gasteiger partial charge in [0.2, 0.25) is 0 Å². The maximum absolute atomic E-state index is 10.5. The molecule has 25 heavy (non-hydrogen) atoms. The number of hydrogen-bond acceptors (Lipinski definition) is 6. The quantitative estimate of drug-likeness (QED) is 0.893. The van der Waals surface area contributed by atoms with E-state index in [1.165, 1.54) is 0 Å². The lowest BCUT2D eigenvalue weighted by molar-refractivity contribution is 0.0362. The normalized spacial score (nSPS) is 26.1. The van der Waals surface area contributed by atoms with Crippen LogP contribution in [0.4, 0.5) is 0 Å². The Labute approximate surface area is 148 Å². The maximum atomic E-state index is 10.5. The van der Waals surface area contributed by atoms with Gasteiger partial charge in [0.25, 0.3) is 0 Å². The molecule has 2 atom stereocenters. The molecule has 2 aromatic rings. The van der Waals surface area contributed by atoms with Crippen molar-refractivity contribution in [1.82, 2.24) is 14.8 Å². The number of β-amino-alcohol motifs (C(OH)–C–C–N with tert-alkyl or cyclic N) is 1. The second-order valence-corrected chi connectivity index (χ2v) is 6.95. The topological polar surface area (TPSA) is 62.0 Å². The highest BCUT2D eigenvalue weighted by Gasteiger charge is 2.37. The number of pyridine rings is 1. The summed E-state index contributed by atoms with van der Waals surface area (Å²) < 4.78 is 11.4. The Balaban J connectivity index is 1.27. The second kappa shape index (κ2) is 7.56. The van der Waals surface area contributed by atoms with E-state index >= 15 is 0 Å². The lowest BCUT2D eigenvalue weighted by atomic mass is 10.0. The van der Waals surface area contributed by atoms with Crippen LogP contribution in [0.3, 0.4) is 0 Å². The van der Waals surface area contributed by atoms with Crippen molar-refractivity contribution in [3.8, 4) is 5.75 Å². The molecule has 2 aliphatic heterocycles. The van der Waals surface area contributed by atoms with Gasteiger partial charge in [-0.2, -0.15) is 0 Å². The van der Waals surface area contributed by atoms with Gasteiger partial charge in [0.15, 0.2) is 0 Å². The zero-order valence-electron chi connectivity index (χ0n) is 14.3. The molecule has 2 aliphatic rings. The standard InChI is InChI=1S/C19H25N3O3/c23-19-14-21(12-17-4-2-10-24-17)13-18(19)22-8-5-15(6-9-22)25-16-3-1-7-20-11-16/h1-4,7,10-11,15,18-19,23H,5-6,8-9,12-14H2/t18-,19-/m0/s1. The number of nitrogens with zero attached hydrogens (tertiary/aromatic N) is 3. The Morgan fingerprint density at radius 2 is 2.08 bits per heavy atom. The first-order chi connectivity index (χ1) is 12.3. The smallest absolute Gasteiger partial charge is 0.137 e. The Kier molecular flexibility index (Phi) is 5.01. The predicted molar refractivity (Wildman–Crippen MR) is 93.2 cm³/mol. The van der Waals surface area contributed by atoms with Gasteiger partial charge < -0.3 is 14.3 Å². The van der Waals surface area contributed by atoms with Crippen LogP contribution in [0.15, 0.2) is 47.3 Å². The van der Waals surface area contributed by atoms with Crippen LogP contribution < -0.4 is 4.74 Å². The van der Waals surface area contributed by atoms with Gasteiger partial charge in [-0.05, 0) is 37.1 Å². The molecule has 0 aliphatic carbocycles. The zero-order chi connectivity index (χ0) is 17.1. The fourth-order valence-electron chi connectivity index (χ4n) is 3.89. The molecule has 134 valence electrons. The van der Waals surface area contributed by atoms with Gasteiger partial charge in [0.1, 0.15) is 17.6 Å². The summed E-state index contributed by atoms with van der Waals surface area (Å²) >= 11 is 0. The average molecular weight is 343 g/mol. The molecule has 4 rings (SSSR count). The SMILES string of the molecule is O[C@H]1CN(Cc2ccco2)C[C@@H]1N1CCC(Oc2cccnc2)CC1. The van der Waals surface area contributed by atoms with Gasteiger partial charge in [0.05, 0.1) is 25.1 Å². The van der Waals surface area contributed by atoms with E-state index in [4.69, 9.17) is 9.15 Å². The van der Waals surface area contributed by atoms with Crippen LogP contribution in [-0.2, 0) is 6.54 Å². The molecular formula is C19H25N3O3. The van der Waals surface area contributed by atoms with Gasteiger partial charge in [-0.15, -0.1) is 0 Å². The minimum Gasteiger partial charge on any atom is -0.489 e. The van der Waals surface area contributed by atoms with Crippen LogP contribution in [0, 0.1) is 0 Å². The third-order valence-electron chi connectivity index (χ3n) is 5.18. The van der Waals surface area contributed by atoms with Crippen LogP contribution in [-0.4, -0.2) is 64.3 Å². The Morgan fingerprint density at radius 1 is 1.20 bits per heavy atom. The fourth-order valence-corrected chi connectivity index (χ4v) is 3.89. The molecule has 2 saturated heterocycles. The summed E-state index contributed by atoms with van der Waals surface area (Å²) in [7, 11) is 0. The van der Waals surface area contributed by atoms with Gasteiger partial charge >= 0.3 is 0 Å². The highest BCUT2D eigenvalue weighted by molar-refractivity contribution is 5.16. The lowest BCUT2D eigenvalue weighted by Gasteiger charge is -2.37. The van der Waals surface area contributed by atoms with E-state index in [1.807, 2.05) is 24.3 Å². The number of furan rings is 1. The number of rotatable bonds is 5. The number of aliphatic hydroxyl groups is 1. The highest BCUT2D eigenvalue weighted by Crippen LogP contribution is 2.24. The van der Waals surface area contributed by atoms with E-state index in [1.54, 1.807) is 18.7 Å². The molecule has 0 radical (unpaired) electrons. The predicted octanol–water partition coefficient (Wildman–Crippen LogP) is 1.76. The summed E-state index contributed by atoms with van der Waals surface area (Å²) in [6.45, 7) is 4.27. The van der Waals surface area contributed by atoms with E-state index in [-0.39, 0.29) is 18.2 Å². The summed E-state index contributed by atoms with van der Waals surface area (Å²) in [6, 6.07) is 7.95. The molecule has 2 aromatic heterocycles. The van der Waals surface area contributed by atoms with Crippen LogP contribution in [0.5, 0.6) is 5.75 Å². The third-order valence-corrected chi connectivity index (χ3v) is 5.18. The van der Waals surface area contributed by atoms with Crippen molar-refractivity contribution in [3.63, 3.8) is 0 Å². The summed E-state index contributed by atoms with van der Waals surface area (Å²) in [6.07, 6.45) is 7.12. The summed E-state index contributed by atoms with van der Waals surface area (Å²) in [5, 5.41) is 10.5. The number of likely N-dealkylation sites (tertiary alicyclic amines) is 2. The third kappa shape index (κ3) is 4.03. The van der Waals surface area contributed by atoms with Crippen LogP contribution in [0.2, 0.25) is 0 Å². The van der Waals surface area contributed by atoms with E-state index in [2.05, 4.69) is 14.8 Å². The van der Waals surface area contributed by atoms with Crippen molar-refractivity contribution < 1.29 is 14.3 Å². The van der Waals surface area contributed by atoms with Gasteiger partial charge in [0, 0.05) is 38.4 Å². The van der Waals surface area contributed by atoms with E-state index < -0.39 is 0 Å². The van der Waals surface area contributed by atoms with Crippen LogP contribution in [0.1, 0.15) is 18.6 Å². The maximum Gasteiger partial charge on any atom is 0.137 e. The Bertz CT molecular complexity index is 641. The minimum atomic E-state index is -0.300. The van der Waals surface area contributed by atoms with Gasteiger partial charge in [-0.25, -0.2) is 0 Å². The molecule has 2 fully saturated rings. The number of hydrogen-bond donors (Lipinski definition) is 1. The average Bonchev–Trinajstić information content (AvgIpc) is 3.27. The molecule has 0 spiro atoms. The van der Waals surface area contributed by atoms with Crippen molar-refractivity contribution in [2.75, 3.05) is 26.2 Å². The molecule has 0 amide bonds. The molecule has 0 saturated carbocycles. The Hall–Kier alpha value is -1.89. The first-order valence-corrected chi connectivity index (χ1v) is 9.01. The molecule has 6 nitrogen and oxygen atoms in total. The van der Waals surface area contributed by atoms with Crippen molar-refractivity contribution in [2.24, 2.45) is 0 Å². The van der Waals surface area contributed by atoms with E-state index in [9.17, 15) is 5.11 Å². The second-order valence-electron chi connectivity index (χ2n) is 6.95. The highest BCUT2D eigenvalue weighted by atomic mass is 16.5. The zero-order valence-corrected chi connectivity index (χ0v) is 14.3. The van der Waals surface area contributed by atoms with Crippen LogP contribution >= 0.6 is 0 Å². The summed E-state index contributed by atoms with van der Waals surface area (Å²) in [4.78, 5) is 8.78. The molecule has 0 bridgehead atoms. The van der Waals surface area contributed by atoms with Crippen molar-refractivity contribution in [3.05, 3.63) is 48.7 Å². The number of ether oxygens (including phenoxy) is 1. The summed E-state index contributed by atoms with van der Waals surface area (Å²) in [5.41, 5.74) is 0. The lowest BCUT2D eigenvalue weighted by Crippen LogP contribution is -2.49. The molecular weight excluding hydrogens is 318 g/mol. The number of piperidine rings is 1. The number of aliphatic hydroxyl groups excluding tert-OH is 1. The fraction of sp³-hybridized carbons (Fsp3) is 0.526. The minimum absolute atomic E-state index is 0.203. The first kappa shape index (κ1) is 16.6. The monoisotopic (exact) mass is 343 g/mol. The number of aromatic nitrogens is 1. The molecule has 4 heterocycles. The van der Waals surface area contributed by atoms with E-state index in [0.29, 0.717) is 6.54 Å². The molecule has 0 aromatic carbocycles. The van der Waals surface area contributed by atoms with Gasteiger partial charge in [-0.1, -0.05) is 0 Å². The molecule has 6 heteroatoms. The van der Waals surface area contributed by atoms with Crippen molar-refractivity contribution >= 4 is 0 Å².